The van der Waals surface area contributed by atoms with Crippen LogP contribution in [0.15, 0.2) is 28.3 Å². The van der Waals surface area contributed by atoms with E-state index in [1.807, 2.05) is 0 Å². The Morgan fingerprint density at radius 2 is 2.06 bits per heavy atom. The SMILES string of the molecule is O=C1c2cccnc2C(=O)N1c1ncc(Br)s1. The van der Waals surface area contributed by atoms with E-state index in [1.165, 1.54) is 17.5 Å². The molecule has 3 rings (SSSR count). The second-order valence-electron chi connectivity index (χ2n) is 3.29. The molecule has 0 spiro atoms. The van der Waals surface area contributed by atoms with E-state index in [1.54, 1.807) is 18.3 Å². The summed E-state index contributed by atoms with van der Waals surface area (Å²) in [5.41, 5.74) is 0.507. The standard InChI is InChI=1S/C10H4BrN3O2S/c11-6-4-13-10(17-6)14-8(15)5-2-1-3-12-7(5)9(14)16/h1-4H. The van der Waals surface area contributed by atoms with Crippen LogP contribution in [0.1, 0.15) is 20.8 Å². The lowest BCUT2D eigenvalue weighted by atomic mass is 10.2. The Morgan fingerprint density at radius 1 is 1.24 bits per heavy atom. The molecule has 7 heteroatoms. The van der Waals surface area contributed by atoms with Gasteiger partial charge in [-0.2, -0.15) is 0 Å². The molecule has 0 saturated carbocycles. The van der Waals surface area contributed by atoms with Crippen LogP contribution in [0, 0.1) is 0 Å². The number of aromatic nitrogens is 2. The van der Waals surface area contributed by atoms with Crippen molar-refractivity contribution in [1.82, 2.24) is 9.97 Å². The molecule has 2 aromatic rings. The van der Waals surface area contributed by atoms with Gasteiger partial charge in [0.1, 0.15) is 5.69 Å². The largest absolute Gasteiger partial charge is 0.286 e. The summed E-state index contributed by atoms with van der Waals surface area (Å²) in [5.74, 6) is -0.799. The van der Waals surface area contributed by atoms with Crippen LogP contribution in [0.25, 0.3) is 0 Å². The van der Waals surface area contributed by atoms with E-state index >= 15 is 0 Å². The Morgan fingerprint density at radius 3 is 2.71 bits per heavy atom. The van der Waals surface area contributed by atoms with Crippen molar-refractivity contribution in [3.63, 3.8) is 0 Å². The maximum atomic E-state index is 12.0. The third-order valence-corrected chi connectivity index (χ3v) is 3.76. The van der Waals surface area contributed by atoms with Gasteiger partial charge in [0.25, 0.3) is 11.8 Å². The summed E-state index contributed by atoms with van der Waals surface area (Å²) in [7, 11) is 0. The first-order valence-corrected chi connectivity index (χ1v) is 6.24. The van der Waals surface area contributed by atoms with E-state index in [4.69, 9.17) is 0 Å². The van der Waals surface area contributed by atoms with Crippen molar-refractivity contribution in [3.05, 3.63) is 39.6 Å². The average Bonchev–Trinajstić information content (AvgIpc) is 2.84. The monoisotopic (exact) mass is 309 g/mol. The summed E-state index contributed by atoms with van der Waals surface area (Å²) in [5, 5.41) is 0.352. The zero-order valence-electron chi connectivity index (χ0n) is 8.25. The summed E-state index contributed by atoms with van der Waals surface area (Å²) in [6, 6.07) is 3.22. The molecule has 2 aromatic heterocycles. The number of fused-ring (bicyclic) bond motifs is 1. The van der Waals surface area contributed by atoms with Gasteiger partial charge in [0.2, 0.25) is 5.13 Å². The highest BCUT2D eigenvalue weighted by Crippen LogP contribution is 2.32. The van der Waals surface area contributed by atoms with Gasteiger partial charge in [0.15, 0.2) is 0 Å². The van der Waals surface area contributed by atoms with Crippen molar-refractivity contribution in [1.29, 1.82) is 0 Å². The lowest BCUT2D eigenvalue weighted by molar-refractivity contribution is 0.0924. The molecule has 0 radical (unpaired) electrons. The first kappa shape index (κ1) is 10.5. The molecule has 3 heterocycles. The van der Waals surface area contributed by atoms with Gasteiger partial charge in [0, 0.05) is 6.20 Å². The van der Waals surface area contributed by atoms with E-state index in [-0.39, 0.29) is 11.6 Å². The lowest BCUT2D eigenvalue weighted by Gasteiger charge is -2.07. The first-order valence-electron chi connectivity index (χ1n) is 4.63. The number of amides is 2. The number of carbonyl (C=O) groups excluding carboxylic acids is 2. The Balaban J connectivity index is 2.12. The van der Waals surface area contributed by atoms with Crippen LogP contribution < -0.4 is 4.90 Å². The van der Waals surface area contributed by atoms with Crippen molar-refractivity contribution in [3.8, 4) is 0 Å². The van der Waals surface area contributed by atoms with Gasteiger partial charge in [-0.1, -0.05) is 11.3 Å². The predicted octanol–water partition coefficient (Wildman–Crippen LogP) is 2.10. The van der Waals surface area contributed by atoms with Crippen LogP contribution in [-0.2, 0) is 0 Å². The normalized spacial score (nSPS) is 14.3. The fourth-order valence-corrected chi connectivity index (χ4v) is 2.77. The number of hydrogen-bond donors (Lipinski definition) is 0. The van der Waals surface area contributed by atoms with Crippen LogP contribution >= 0.6 is 27.3 Å². The van der Waals surface area contributed by atoms with Crippen molar-refractivity contribution < 1.29 is 9.59 Å². The fourth-order valence-electron chi connectivity index (χ4n) is 1.59. The first-order chi connectivity index (χ1) is 8.18. The van der Waals surface area contributed by atoms with Gasteiger partial charge < -0.3 is 0 Å². The molecule has 0 saturated heterocycles. The topological polar surface area (TPSA) is 63.2 Å². The summed E-state index contributed by atoms with van der Waals surface area (Å²) in [6.45, 7) is 0. The van der Waals surface area contributed by atoms with Crippen molar-refractivity contribution in [2.75, 3.05) is 4.90 Å². The molecule has 1 aliphatic rings. The predicted molar refractivity (Wildman–Crippen MR) is 65.2 cm³/mol. The number of halogens is 1. The second-order valence-corrected chi connectivity index (χ2v) is 5.68. The quantitative estimate of drug-likeness (QED) is 0.757. The van der Waals surface area contributed by atoms with Crippen LogP contribution in [-0.4, -0.2) is 21.8 Å². The number of thiazole rings is 1. The molecular formula is C10H4BrN3O2S. The summed E-state index contributed by atoms with van der Waals surface area (Å²) in [4.78, 5) is 33.0. The highest BCUT2D eigenvalue weighted by atomic mass is 79.9. The number of anilines is 1. The minimum absolute atomic E-state index is 0.184. The zero-order chi connectivity index (χ0) is 12.0. The minimum Gasteiger partial charge on any atom is -0.268 e. The van der Waals surface area contributed by atoms with Gasteiger partial charge in [-0.05, 0) is 28.1 Å². The number of pyridine rings is 1. The Labute approximate surface area is 108 Å². The molecule has 0 aromatic carbocycles. The number of carbonyl (C=O) groups is 2. The molecule has 84 valence electrons. The maximum absolute atomic E-state index is 12.0. The van der Waals surface area contributed by atoms with Crippen LogP contribution in [0.3, 0.4) is 0 Å². The molecule has 2 amide bonds. The summed E-state index contributed by atoms with van der Waals surface area (Å²) < 4.78 is 0.761. The molecular weight excluding hydrogens is 306 g/mol. The number of hydrogen-bond acceptors (Lipinski definition) is 5. The molecule has 1 aliphatic heterocycles. The van der Waals surface area contributed by atoms with E-state index < -0.39 is 5.91 Å². The van der Waals surface area contributed by atoms with Crippen LogP contribution in [0.5, 0.6) is 0 Å². The molecule has 0 unspecified atom stereocenters. The van der Waals surface area contributed by atoms with Gasteiger partial charge >= 0.3 is 0 Å². The van der Waals surface area contributed by atoms with Gasteiger partial charge in [0.05, 0.1) is 15.5 Å². The minimum atomic E-state index is -0.424. The van der Waals surface area contributed by atoms with E-state index in [0.29, 0.717) is 10.7 Å². The second kappa shape index (κ2) is 3.71. The average molecular weight is 310 g/mol. The Kier molecular flexibility index (Phi) is 2.30. The third-order valence-electron chi connectivity index (χ3n) is 2.30. The van der Waals surface area contributed by atoms with E-state index in [2.05, 4.69) is 25.9 Å². The fraction of sp³-hybridized carbons (Fsp3) is 0. The summed E-state index contributed by atoms with van der Waals surface area (Å²) in [6.07, 6.45) is 3.04. The van der Waals surface area contributed by atoms with E-state index in [9.17, 15) is 9.59 Å². The third kappa shape index (κ3) is 1.50. The summed E-state index contributed by atoms with van der Waals surface area (Å²) >= 11 is 4.47. The number of imide groups is 1. The van der Waals surface area contributed by atoms with Gasteiger partial charge in [-0.15, -0.1) is 0 Å². The number of rotatable bonds is 1. The molecule has 0 fully saturated rings. The highest BCUT2D eigenvalue weighted by molar-refractivity contribution is 9.11. The number of nitrogens with zero attached hydrogens (tertiary/aromatic N) is 3. The van der Waals surface area contributed by atoms with Crippen LogP contribution in [0.2, 0.25) is 0 Å². The molecule has 0 bridgehead atoms. The van der Waals surface area contributed by atoms with E-state index in [0.717, 1.165) is 8.69 Å². The Hall–Kier alpha value is -1.60. The lowest BCUT2D eigenvalue weighted by Crippen LogP contribution is -2.29. The zero-order valence-corrected chi connectivity index (χ0v) is 10.7. The smallest absolute Gasteiger partial charge is 0.268 e. The molecule has 0 N–H and O–H groups in total. The van der Waals surface area contributed by atoms with Gasteiger partial charge in [-0.25, -0.2) is 9.88 Å². The van der Waals surface area contributed by atoms with Crippen LogP contribution in [0.4, 0.5) is 5.13 Å². The van der Waals surface area contributed by atoms with Crippen molar-refractivity contribution >= 4 is 44.2 Å². The molecule has 0 atom stereocenters. The Bertz CT molecular complexity index is 605. The van der Waals surface area contributed by atoms with Crippen molar-refractivity contribution in [2.45, 2.75) is 0 Å². The van der Waals surface area contributed by atoms with Gasteiger partial charge in [-0.3, -0.25) is 14.6 Å². The highest BCUT2D eigenvalue weighted by Gasteiger charge is 2.39. The van der Waals surface area contributed by atoms with Crippen molar-refractivity contribution in [2.24, 2.45) is 0 Å². The molecule has 17 heavy (non-hydrogen) atoms. The molecule has 0 aliphatic carbocycles. The maximum Gasteiger partial charge on any atom is 0.286 e. The molecule has 5 nitrogen and oxygen atoms in total.